The largest absolute Gasteiger partial charge is 0.378 e. The molecule has 0 aliphatic heterocycles. The van der Waals surface area contributed by atoms with E-state index in [1.807, 2.05) is 51.0 Å². The molecule has 1 aromatic carbocycles. The Morgan fingerprint density at radius 3 is 2.60 bits per heavy atom. The molecule has 20 heavy (non-hydrogen) atoms. The molecule has 1 atom stereocenters. The van der Waals surface area contributed by atoms with Gasteiger partial charge in [-0.1, -0.05) is 0 Å². The first-order valence-corrected chi connectivity index (χ1v) is 7.54. The maximum absolute atomic E-state index is 14.2. The van der Waals surface area contributed by atoms with Crippen LogP contribution in [0.1, 0.15) is 31.7 Å². The highest BCUT2D eigenvalue weighted by atomic mass is 32.1. The van der Waals surface area contributed by atoms with Crippen molar-refractivity contribution in [2.24, 2.45) is 0 Å². The van der Waals surface area contributed by atoms with E-state index in [0.29, 0.717) is 5.69 Å². The normalized spacial score (nSPS) is 12.5. The van der Waals surface area contributed by atoms with Crippen LogP contribution in [0.15, 0.2) is 29.9 Å². The molecule has 5 heteroatoms. The molecule has 108 valence electrons. The van der Waals surface area contributed by atoms with Crippen LogP contribution in [-0.2, 0) is 0 Å². The molecule has 0 aliphatic carbocycles. The molecule has 0 bridgehead atoms. The third-order valence-corrected chi connectivity index (χ3v) is 4.32. The number of rotatable bonds is 5. The summed E-state index contributed by atoms with van der Waals surface area (Å²) >= 11 is 1.59. The maximum atomic E-state index is 14.2. The standard InChI is InChI=1S/C15H20FN3S/c1-10(2)19(4)14-6-5-12(7-13(14)16)18-11(3)15-8-17-9-20-15/h5-11,18H,1-4H3. The van der Waals surface area contributed by atoms with Gasteiger partial charge in [0.05, 0.1) is 17.2 Å². The van der Waals surface area contributed by atoms with Crippen LogP contribution in [0.4, 0.5) is 15.8 Å². The number of thiazole rings is 1. The fourth-order valence-electron chi connectivity index (χ4n) is 1.92. The number of anilines is 2. The fourth-order valence-corrected chi connectivity index (χ4v) is 2.55. The second-order valence-corrected chi connectivity index (χ2v) is 6.06. The van der Waals surface area contributed by atoms with Gasteiger partial charge < -0.3 is 10.2 Å². The summed E-state index contributed by atoms with van der Waals surface area (Å²) in [6.45, 7) is 6.12. The number of benzene rings is 1. The van der Waals surface area contributed by atoms with Crippen LogP contribution in [0, 0.1) is 5.82 Å². The van der Waals surface area contributed by atoms with Gasteiger partial charge in [0.25, 0.3) is 0 Å². The summed E-state index contributed by atoms with van der Waals surface area (Å²) < 4.78 is 14.2. The Bertz CT molecular complexity index is 554. The van der Waals surface area contributed by atoms with Crippen LogP contribution in [0.5, 0.6) is 0 Å². The lowest BCUT2D eigenvalue weighted by Crippen LogP contribution is -2.26. The van der Waals surface area contributed by atoms with E-state index in [1.54, 1.807) is 22.9 Å². The van der Waals surface area contributed by atoms with Crippen LogP contribution in [0.25, 0.3) is 0 Å². The van der Waals surface area contributed by atoms with Crippen LogP contribution < -0.4 is 10.2 Å². The van der Waals surface area contributed by atoms with E-state index < -0.39 is 0 Å². The molecule has 0 saturated carbocycles. The van der Waals surface area contributed by atoms with Gasteiger partial charge in [-0.25, -0.2) is 4.39 Å². The SMILES string of the molecule is CC(Nc1ccc(N(C)C(C)C)c(F)c1)c1cncs1. The minimum absolute atomic E-state index is 0.121. The number of aromatic nitrogens is 1. The Labute approximate surface area is 123 Å². The van der Waals surface area contributed by atoms with Gasteiger partial charge in [0, 0.05) is 29.9 Å². The van der Waals surface area contributed by atoms with Gasteiger partial charge in [-0.2, -0.15) is 0 Å². The zero-order valence-electron chi connectivity index (χ0n) is 12.2. The van der Waals surface area contributed by atoms with Gasteiger partial charge in [0.1, 0.15) is 5.82 Å². The summed E-state index contributed by atoms with van der Waals surface area (Å²) in [5.41, 5.74) is 3.20. The molecule has 0 spiro atoms. The lowest BCUT2D eigenvalue weighted by Gasteiger charge is -2.25. The third kappa shape index (κ3) is 3.28. The van der Waals surface area contributed by atoms with Gasteiger partial charge in [-0.3, -0.25) is 4.98 Å². The Morgan fingerprint density at radius 2 is 2.05 bits per heavy atom. The number of hydrogen-bond donors (Lipinski definition) is 1. The molecule has 1 aromatic heterocycles. The molecule has 2 aromatic rings. The van der Waals surface area contributed by atoms with Crippen LogP contribution in [0.3, 0.4) is 0 Å². The van der Waals surface area contributed by atoms with Crippen molar-refractivity contribution < 1.29 is 4.39 Å². The van der Waals surface area contributed by atoms with Crippen LogP contribution in [0.2, 0.25) is 0 Å². The highest BCUT2D eigenvalue weighted by Gasteiger charge is 2.12. The first kappa shape index (κ1) is 14.8. The number of halogens is 1. The first-order chi connectivity index (χ1) is 9.49. The van der Waals surface area contributed by atoms with Crippen molar-refractivity contribution in [3.8, 4) is 0 Å². The Hall–Kier alpha value is -1.62. The molecule has 1 heterocycles. The minimum atomic E-state index is -0.206. The summed E-state index contributed by atoms with van der Waals surface area (Å²) in [6, 6.07) is 5.66. The predicted molar refractivity (Wildman–Crippen MR) is 84.1 cm³/mol. The maximum Gasteiger partial charge on any atom is 0.148 e. The van der Waals surface area contributed by atoms with Gasteiger partial charge in [0.15, 0.2) is 0 Å². The lowest BCUT2D eigenvalue weighted by molar-refractivity contribution is 0.614. The van der Waals surface area contributed by atoms with E-state index in [1.165, 1.54) is 0 Å². The van der Waals surface area contributed by atoms with Crippen LogP contribution >= 0.6 is 11.3 Å². The molecule has 1 unspecified atom stereocenters. The van der Waals surface area contributed by atoms with Crippen molar-refractivity contribution in [1.82, 2.24) is 4.98 Å². The van der Waals surface area contributed by atoms with E-state index >= 15 is 0 Å². The summed E-state index contributed by atoms with van der Waals surface area (Å²) in [5, 5.41) is 3.29. The van der Waals surface area contributed by atoms with E-state index in [0.717, 1.165) is 10.6 Å². The topological polar surface area (TPSA) is 28.2 Å². The molecule has 0 saturated heterocycles. The van der Waals surface area contributed by atoms with Crippen molar-refractivity contribution in [3.05, 3.63) is 40.6 Å². The molecule has 0 radical (unpaired) electrons. The van der Waals surface area contributed by atoms with Crippen LogP contribution in [-0.4, -0.2) is 18.1 Å². The zero-order chi connectivity index (χ0) is 14.7. The zero-order valence-corrected chi connectivity index (χ0v) is 13.0. The average Bonchev–Trinajstić information content (AvgIpc) is 2.92. The number of nitrogens with one attached hydrogen (secondary N) is 1. The highest BCUT2D eigenvalue weighted by Crippen LogP contribution is 2.26. The van der Waals surface area contributed by atoms with Crippen molar-refractivity contribution >= 4 is 22.7 Å². The molecule has 0 amide bonds. The molecule has 0 aliphatic rings. The van der Waals surface area contributed by atoms with Gasteiger partial charge in [0.2, 0.25) is 0 Å². The molecule has 1 N–H and O–H groups in total. The average molecular weight is 293 g/mol. The number of hydrogen-bond acceptors (Lipinski definition) is 4. The predicted octanol–water partition coefficient (Wildman–Crippen LogP) is 4.30. The van der Waals surface area contributed by atoms with E-state index in [4.69, 9.17) is 0 Å². The first-order valence-electron chi connectivity index (χ1n) is 6.66. The van der Waals surface area contributed by atoms with E-state index in [9.17, 15) is 4.39 Å². The molecular formula is C15H20FN3S. The molecule has 0 fully saturated rings. The lowest BCUT2D eigenvalue weighted by atomic mass is 10.2. The van der Waals surface area contributed by atoms with Gasteiger partial charge >= 0.3 is 0 Å². The van der Waals surface area contributed by atoms with E-state index in [2.05, 4.69) is 10.3 Å². The smallest absolute Gasteiger partial charge is 0.148 e. The Kier molecular flexibility index (Phi) is 4.60. The molecule has 2 rings (SSSR count). The number of nitrogens with zero attached hydrogens (tertiary/aromatic N) is 2. The second-order valence-electron chi connectivity index (χ2n) is 5.14. The highest BCUT2D eigenvalue weighted by molar-refractivity contribution is 7.09. The van der Waals surface area contributed by atoms with Gasteiger partial charge in [-0.05, 0) is 39.0 Å². The molecule has 3 nitrogen and oxygen atoms in total. The quantitative estimate of drug-likeness (QED) is 0.891. The third-order valence-electron chi connectivity index (χ3n) is 3.36. The van der Waals surface area contributed by atoms with Crippen molar-refractivity contribution in [2.75, 3.05) is 17.3 Å². The van der Waals surface area contributed by atoms with Crippen molar-refractivity contribution in [1.29, 1.82) is 0 Å². The van der Waals surface area contributed by atoms with Crippen molar-refractivity contribution in [2.45, 2.75) is 32.9 Å². The second kappa shape index (κ2) is 6.22. The van der Waals surface area contributed by atoms with Gasteiger partial charge in [-0.15, -0.1) is 11.3 Å². The van der Waals surface area contributed by atoms with E-state index in [-0.39, 0.29) is 17.9 Å². The monoisotopic (exact) mass is 293 g/mol. The summed E-state index contributed by atoms with van der Waals surface area (Å²) in [5.74, 6) is -0.206. The summed E-state index contributed by atoms with van der Waals surface area (Å²) in [4.78, 5) is 7.11. The minimum Gasteiger partial charge on any atom is -0.378 e. The fraction of sp³-hybridized carbons (Fsp3) is 0.400. The Balaban J connectivity index is 2.13. The molecular weight excluding hydrogens is 273 g/mol. The van der Waals surface area contributed by atoms with Crippen molar-refractivity contribution in [3.63, 3.8) is 0 Å². The summed E-state index contributed by atoms with van der Waals surface area (Å²) in [7, 11) is 1.90. The Morgan fingerprint density at radius 1 is 1.30 bits per heavy atom. The summed E-state index contributed by atoms with van der Waals surface area (Å²) in [6.07, 6.45) is 1.83.